The molecule has 3 aliphatic rings. The van der Waals surface area contributed by atoms with E-state index in [-0.39, 0.29) is 6.04 Å². The molecule has 3 heterocycles. The summed E-state index contributed by atoms with van der Waals surface area (Å²) in [5.74, 6) is 4.37. The molecule has 0 aromatic carbocycles. The van der Waals surface area contributed by atoms with Crippen molar-refractivity contribution in [3.8, 4) is 0 Å². The molecule has 1 saturated carbocycles. The fourth-order valence-corrected chi connectivity index (χ4v) is 5.73. The van der Waals surface area contributed by atoms with Crippen molar-refractivity contribution in [3.05, 3.63) is 23.7 Å². The average Bonchev–Trinajstić information content (AvgIpc) is 2.92. The van der Waals surface area contributed by atoms with Gasteiger partial charge < -0.3 is 4.42 Å². The summed E-state index contributed by atoms with van der Waals surface area (Å²) in [6, 6.07) is 4.51. The van der Waals surface area contributed by atoms with Crippen LogP contribution in [0.3, 0.4) is 0 Å². The maximum atomic E-state index is 11.6. The van der Waals surface area contributed by atoms with Crippen LogP contribution in [0.5, 0.6) is 0 Å². The second-order valence-electron chi connectivity index (χ2n) is 7.49. The highest BCUT2D eigenvalue weighted by Crippen LogP contribution is 2.47. The fourth-order valence-electron chi connectivity index (χ4n) is 3.97. The molecule has 3 atom stereocenters. The summed E-state index contributed by atoms with van der Waals surface area (Å²) in [6.45, 7) is 7.06. The molecule has 6 heteroatoms. The average molecular weight is 338 g/mol. The monoisotopic (exact) mass is 338 g/mol. The van der Waals surface area contributed by atoms with E-state index in [2.05, 4.69) is 28.9 Å². The van der Waals surface area contributed by atoms with Crippen LogP contribution in [0.1, 0.15) is 37.2 Å². The van der Waals surface area contributed by atoms with Gasteiger partial charge in [0.1, 0.15) is 11.5 Å². The molecule has 0 radical (unpaired) electrons. The predicted octanol–water partition coefficient (Wildman–Crippen LogP) is 1.71. The Balaban J connectivity index is 1.27. The Bertz CT molecular complexity index is 661. The van der Waals surface area contributed by atoms with Gasteiger partial charge in [-0.15, -0.1) is 0 Å². The van der Waals surface area contributed by atoms with Gasteiger partial charge >= 0.3 is 0 Å². The standard InChI is InChI=1S/C17H26N2O3S/c1-13-10-16(13)17-3-2-15(22-17)11-18-5-7-19(8-6-18)14-4-9-23(20,21)12-14/h2-3,13-14,16H,4-12H2,1H3. The van der Waals surface area contributed by atoms with E-state index in [1.54, 1.807) is 0 Å². The Kier molecular flexibility index (Phi) is 4.02. The number of nitrogens with zero attached hydrogens (tertiary/aromatic N) is 2. The maximum Gasteiger partial charge on any atom is 0.151 e. The molecule has 23 heavy (non-hydrogen) atoms. The van der Waals surface area contributed by atoms with Crippen LogP contribution < -0.4 is 0 Å². The lowest BCUT2D eigenvalue weighted by Gasteiger charge is -2.37. The van der Waals surface area contributed by atoms with Crippen molar-refractivity contribution in [3.63, 3.8) is 0 Å². The summed E-state index contributed by atoms with van der Waals surface area (Å²) in [7, 11) is -2.78. The van der Waals surface area contributed by atoms with E-state index in [0.29, 0.717) is 17.4 Å². The Morgan fingerprint density at radius 1 is 1.22 bits per heavy atom. The van der Waals surface area contributed by atoms with E-state index in [4.69, 9.17) is 4.42 Å². The highest BCUT2D eigenvalue weighted by atomic mass is 32.2. The van der Waals surface area contributed by atoms with Gasteiger partial charge in [-0.05, 0) is 30.9 Å². The normalized spacial score (nSPS) is 34.7. The molecule has 0 amide bonds. The number of piperazine rings is 1. The predicted molar refractivity (Wildman–Crippen MR) is 89.1 cm³/mol. The van der Waals surface area contributed by atoms with Crippen molar-refractivity contribution in [2.24, 2.45) is 5.92 Å². The summed E-state index contributed by atoms with van der Waals surface area (Å²) >= 11 is 0. The van der Waals surface area contributed by atoms with E-state index < -0.39 is 9.84 Å². The minimum absolute atomic E-state index is 0.244. The molecule has 1 aromatic heterocycles. The second-order valence-corrected chi connectivity index (χ2v) is 9.72. The van der Waals surface area contributed by atoms with Crippen LogP contribution in [0.4, 0.5) is 0 Å². The summed E-state index contributed by atoms with van der Waals surface area (Å²) in [5, 5.41) is 0. The van der Waals surface area contributed by atoms with Gasteiger partial charge in [-0.1, -0.05) is 6.92 Å². The van der Waals surface area contributed by atoms with Crippen molar-refractivity contribution in [2.45, 2.75) is 38.3 Å². The van der Waals surface area contributed by atoms with E-state index >= 15 is 0 Å². The first-order valence-corrected chi connectivity index (χ1v) is 10.6. The zero-order chi connectivity index (χ0) is 16.0. The molecule has 4 rings (SSSR count). The Hall–Kier alpha value is -0.850. The molecular weight excluding hydrogens is 312 g/mol. The topological polar surface area (TPSA) is 53.8 Å². The molecular formula is C17H26N2O3S. The molecule has 128 valence electrons. The van der Waals surface area contributed by atoms with Gasteiger partial charge in [0.05, 0.1) is 18.1 Å². The summed E-state index contributed by atoms with van der Waals surface area (Å²) in [5.41, 5.74) is 0. The highest BCUT2D eigenvalue weighted by molar-refractivity contribution is 7.91. The zero-order valence-corrected chi connectivity index (χ0v) is 14.6. The fraction of sp³-hybridized carbons (Fsp3) is 0.765. The largest absolute Gasteiger partial charge is 0.464 e. The van der Waals surface area contributed by atoms with Crippen LogP contribution in [0.15, 0.2) is 16.5 Å². The molecule has 0 bridgehead atoms. The molecule has 0 N–H and O–H groups in total. The number of sulfone groups is 1. The summed E-state index contributed by atoms with van der Waals surface area (Å²) in [6.07, 6.45) is 2.07. The molecule has 0 spiro atoms. The van der Waals surface area contributed by atoms with E-state index in [1.165, 1.54) is 6.42 Å². The first-order valence-electron chi connectivity index (χ1n) is 8.75. The smallest absolute Gasteiger partial charge is 0.151 e. The summed E-state index contributed by atoms with van der Waals surface area (Å²) in [4.78, 5) is 4.78. The highest BCUT2D eigenvalue weighted by Gasteiger charge is 2.37. The minimum atomic E-state index is -2.78. The van der Waals surface area contributed by atoms with Crippen LogP contribution in [0, 0.1) is 5.92 Å². The van der Waals surface area contributed by atoms with Crippen molar-refractivity contribution < 1.29 is 12.8 Å². The van der Waals surface area contributed by atoms with Gasteiger partial charge in [0.15, 0.2) is 9.84 Å². The van der Waals surface area contributed by atoms with Gasteiger partial charge in [0.25, 0.3) is 0 Å². The van der Waals surface area contributed by atoms with E-state index in [1.807, 2.05) is 0 Å². The number of hydrogen-bond acceptors (Lipinski definition) is 5. The first-order chi connectivity index (χ1) is 11.0. The molecule has 2 aliphatic heterocycles. The molecule has 3 fully saturated rings. The molecule has 1 aromatic rings. The van der Waals surface area contributed by atoms with Crippen LogP contribution in [-0.4, -0.2) is 61.9 Å². The maximum absolute atomic E-state index is 11.6. The Labute approximate surface area is 138 Å². The summed E-state index contributed by atoms with van der Waals surface area (Å²) < 4.78 is 29.3. The lowest BCUT2D eigenvalue weighted by Crippen LogP contribution is -2.50. The minimum Gasteiger partial charge on any atom is -0.464 e. The quantitative estimate of drug-likeness (QED) is 0.836. The van der Waals surface area contributed by atoms with Gasteiger partial charge in [0.2, 0.25) is 0 Å². The molecule has 1 aliphatic carbocycles. The first kappa shape index (κ1) is 15.7. The second kappa shape index (κ2) is 5.90. The van der Waals surface area contributed by atoms with Crippen molar-refractivity contribution in [1.82, 2.24) is 9.80 Å². The third-order valence-corrected chi connectivity index (χ3v) is 7.42. The van der Waals surface area contributed by atoms with E-state index in [9.17, 15) is 8.42 Å². The van der Waals surface area contributed by atoms with Crippen LogP contribution in [0.25, 0.3) is 0 Å². The Morgan fingerprint density at radius 3 is 2.57 bits per heavy atom. The molecule has 2 saturated heterocycles. The van der Waals surface area contributed by atoms with Crippen molar-refractivity contribution >= 4 is 9.84 Å². The Morgan fingerprint density at radius 2 is 1.96 bits per heavy atom. The van der Waals surface area contributed by atoms with Gasteiger partial charge in [-0.2, -0.15) is 0 Å². The third kappa shape index (κ3) is 3.49. The molecule has 5 nitrogen and oxygen atoms in total. The van der Waals surface area contributed by atoms with Crippen LogP contribution in [-0.2, 0) is 16.4 Å². The lowest BCUT2D eigenvalue weighted by atomic mass is 10.2. The zero-order valence-electron chi connectivity index (χ0n) is 13.8. The lowest BCUT2D eigenvalue weighted by molar-refractivity contribution is 0.0951. The molecule has 3 unspecified atom stereocenters. The van der Waals surface area contributed by atoms with Gasteiger partial charge in [0, 0.05) is 38.1 Å². The van der Waals surface area contributed by atoms with Crippen LogP contribution >= 0.6 is 0 Å². The van der Waals surface area contributed by atoms with Crippen molar-refractivity contribution in [1.29, 1.82) is 0 Å². The van der Waals surface area contributed by atoms with Gasteiger partial charge in [-0.3, -0.25) is 9.80 Å². The third-order valence-electron chi connectivity index (χ3n) is 5.67. The number of furan rings is 1. The SMILES string of the molecule is CC1CC1c1ccc(CN2CCN(C3CCS(=O)(=O)C3)CC2)o1. The number of hydrogen-bond donors (Lipinski definition) is 0. The van der Waals surface area contributed by atoms with Gasteiger partial charge in [-0.25, -0.2) is 8.42 Å². The van der Waals surface area contributed by atoms with E-state index in [0.717, 1.165) is 56.6 Å². The van der Waals surface area contributed by atoms with Crippen molar-refractivity contribution in [2.75, 3.05) is 37.7 Å². The van der Waals surface area contributed by atoms with Crippen LogP contribution in [0.2, 0.25) is 0 Å². The number of rotatable bonds is 4.